The average Bonchev–Trinajstić information content (AvgIpc) is 2.97. The van der Waals surface area contributed by atoms with Crippen LogP contribution in [0.2, 0.25) is 0 Å². The molecule has 0 saturated carbocycles. The molecule has 2 aromatic rings. The van der Waals surface area contributed by atoms with Crippen LogP contribution in [0, 0.1) is 6.92 Å². The second kappa shape index (κ2) is 5.55. The highest BCUT2D eigenvalue weighted by molar-refractivity contribution is 5.95. The number of carboxylic acid groups (broad SMARTS) is 1. The molecule has 2 rings (SSSR count). The number of aromatic amines is 1. The number of rotatable bonds is 5. The number of carbonyl (C=O) groups is 2. The van der Waals surface area contributed by atoms with Gasteiger partial charge >= 0.3 is 5.97 Å². The Morgan fingerprint density at radius 3 is 2.80 bits per heavy atom. The fourth-order valence-corrected chi connectivity index (χ4v) is 1.87. The van der Waals surface area contributed by atoms with Gasteiger partial charge in [0, 0.05) is 25.4 Å². The van der Waals surface area contributed by atoms with E-state index in [0.717, 1.165) is 0 Å². The molecule has 2 aromatic heterocycles. The Hall–Kier alpha value is -2.64. The fraction of sp³-hybridized carbons (Fsp3) is 0.333. The largest absolute Gasteiger partial charge is 0.480 e. The molecular weight excluding hydrogens is 262 g/mol. The van der Waals surface area contributed by atoms with Gasteiger partial charge in [-0.25, -0.2) is 9.78 Å². The summed E-state index contributed by atoms with van der Waals surface area (Å²) in [5, 5.41) is 15.7. The van der Waals surface area contributed by atoms with E-state index in [1.165, 1.54) is 17.2 Å². The highest BCUT2D eigenvalue weighted by Gasteiger charge is 2.23. The molecule has 106 valence electrons. The van der Waals surface area contributed by atoms with Crippen LogP contribution in [0.25, 0.3) is 0 Å². The van der Waals surface area contributed by atoms with E-state index in [0.29, 0.717) is 17.1 Å². The minimum atomic E-state index is -1.10. The van der Waals surface area contributed by atoms with E-state index in [4.69, 9.17) is 0 Å². The van der Waals surface area contributed by atoms with Crippen LogP contribution in [0.15, 0.2) is 18.6 Å². The molecule has 1 atom stereocenters. The molecule has 0 saturated heterocycles. The Morgan fingerprint density at radius 1 is 1.55 bits per heavy atom. The average molecular weight is 277 g/mol. The first-order valence-electron chi connectivity index (χ1n) is 5.99. The second-order valence-electron chi connectivity index (χ2n) is 4.44. The number of nitrogens with zero attached hydrogens (tertiary/aromatic N) is 3. The molecule has 0 spiro atoms. The Bertz CT molecular complexity index is 617. The first-order valence-corrected chi connectivity index (χ1v) is 5.99. The maximum absolute atomic E-state index is 12.1. The van der Waals surface area contributed by atoms with Crippen LogP contribution in [0.4, 0.5) is 0 Å². The SMILES string of the molecule is Cc1cc(C(=O)N[C@H](Cc2cnc[nH]2)C(=O)O)n(C)n1. The van der Waals surface area contributed by atoms with Gasteiger partial charge in [0.1, 0.15) is 11.7 Å². The number of aryl methyl sites for hydroxylation is 2. The number of imidazole rings is 1. The monoisotopic (exact) mass is 277 g/mol. The third-order valence-corrected chi connectivity index (χ3v) is 2.82. The van der Waals surface area contributed by atoms with E-state index < -0.39 is 17.9 Å². The van der Waals surface area contributed by atoms with Crippen molar-refractivity contribution in [3.8, 4) is 0 Å². The smallest absolute Gasteiger partial charge is 0.326 e. The highest BCUT2D eigenvalue weighted by atomic mass is 16.4. The van der Waals surface area contributed by atoms with E-state index in [9.17, 15) is 14.7 Å². The quantitative estimate of drug-likeness (QED) is 0.705. The first-order chi connectivity index (χ1) is 9.47. The topological polar surface area (TPSA) is 113 Å². The van der Waals surface area contributed by atoms with Gasteiger partial charge in [-0.1, -0.05) is 0 Å². The maximum atomic E-state index is 12.1. The van der Waals surface area contributed by atoms with E-state index in [1.54, 1.807) is 20.0 Å². The summed E-state index contributed by atoms with van der Waals surface area (Å²) in [4.78, 5) is 29.9. The molecule has 0 fully saturated rings. The van der Waals surface area contributed by atoms with Gasteiger partial charge in [0.2, 0.25) is 0 Å². The van der Waals surface area contributed by atoms with Crippen molar-refractivity contribution < 1.29 is 14.7 Å². The van der Waals surface area contributed by atoms with E-state index in [2.05, 4.69) is 20.4 Å². The van der Waals surface area contributed by atoms with Crippen LogP contribution < -0.4 is 5.32 Å². The normalized spacial score (nSPS) is 12.1. The molecule has 1 amide bonds. The number of aromatic nitrogens is 4. The molecule has 2 heterocycles. The van der Waals surface area contributed by atoms with Crippen molar-refractivity contribution in [2.24, 2.45) is 7.05 Å². The molecule has 3 N–H and O–H groups in total. The van der Waals surface area contributed by atoms with Gasteiger partial charge in [-0.15, -0.1) is 0 Å². The predicted molar refractivity (Wildman–Crippen MR) is 69.1 cm³/mol. The van der Waals surface area contributed by atoms with Crippen molar-refractivity contribution in [2.75, 3.05) is 0 Å². The fourth-order valence-electron chi connectivity index (χ4n) is 1.87. The number of carbonyl (C=O) groups excluding carboxylic acids is 1. The van der Waals surface area contributed by atoms with Gasteiger partial charge in [-0.2, -0.15) is 5.10 Å². The van der Waals surface area contributed by atoms with Crippen LogP contribution in [0.1, 0.15) is 21.9 Å². The summed E-state index contributed by atoms with van der Waals surface area (Å²) in [5.41, 5.74) is 1.65. The summed E-state index contributed by atoms with van der Waals surface area (Å²) >= 11 is 0. The molecule has 0 aliphatic carbocycles. The van der Waals surface area contributed by atoms with Crippen LogP contribution in [0.5, 0.6) is 0 Å². The molecule has 8 nitrogen and oxygen atoms in total. The number of hydrogen-bond acceptors (Lipinski definition) is 4. The van der Waals surface area contributed by atoms with Crippen molar-refractivity contribution >= 4 is 11.9 Å². The molecule has 0 radical (unpaired) electrons. The Kier molecular flexibility index (Phi) is 3.83. The lowest BCUT2D eigenvalue weighted by Crippen LogP contribution is -2.43. The summed E-state index contributed by atoms with van der Waals surface area (Å²) in [6.45, 7) is 1.76. The minimum absolute atomic E-state index is 0.137. The van der Waals surface area contributed by atoms with Crippen molar-refractivity contribution in [1.82, 2.24) is 25.1 Å². The summed E-state index contributed by atoms with van der Waals surface area (Å²) < 4.78 is 1.42. The van der Waals surface area contributed by atoms with Crippen LogP contribution in [-0.2, 0) is 18.3 Å². The number of nitrogens with one attached hydrogen (secondary N) is 2. The zero-order chi connectivity index (χ0) is 14.7. The molecular formula is C12H15N5O3. The maximum Gasteiger partial charge on any atom is 0.326 e. The van der Waals surface area contributed by atoms with Crippen molar-refractivity contribution in [3.63, 3.8) is 0 Å². The van der Waals surface area contributed by atoms with E-state index in [1.807, 2.05) is 0 Å². The van der Waals surface area contributed by atoms with Crippen LogP contribution in [0.3, 0.4) is 0 Å². The Morgan fingerprint density at radius 2 is 2.30 bits per heavy atom. The van der Waals surface area contributed by atoms with Gasteiger partial charge < -0.3 is 15.4 Å². The molecule has 0 aliphatic heterocycles. The Labute approximate surface area is 114 Å². The van der Waals surface area contributed by atoms with Crippen molar-refractivity contribution in [1.29, 1.82) is 0 Å². The lowest BCUT2D eigenvalue weighted by molar-refractivity contribution is -0.139. The first kappa shape index (κ1) is 13.8. The van der Waals surface area contributed by atoms with Gasteiger partial charge in [0.05, 0.1) is 12.0 Å². The van der Waals surface area contributed by atoms with Crippen molar-refractivity contribution in [3.05, 3.63) is 35.7 Å². The Balaban J connectivity index is 2.10. The summed E-state index contributed by atoms with van der Waals surface area (Å²) in [7, 11) is 1.63. The third kappa shape index (κ3) is 3.02. The number of carboxylic acids is 1. The summed E-state index contributed by atoms with van der Waals surface area (Å²) in [6.07, 6.45) is 3.12. The van der Waals surface area contributed by atoms with Gasteiger partial charge in [-0.05, 0) is 13.0 Å². The predicted octanol–water partition coefficient (Wildman–Crippen LogP) is -0.123. The van der Waals surface area contributed by atoms with Crippen LogP contribution >= 0.6 is 0 Å². The third-order valence-electron chi connectivity index (χ3n) is 2.82. The van der Waals surface area contributed by atoms with E-state index >= 15 is 0 Å². The van der Waals surface area contributed by atoms with Crippen LogP contribution in [-0.4, -0.2) is 42.8 Å². The highest BCUT2D eigenvalue weighted by Crippen LogP contribution is 2.04. The van der Waals surface area contributed by atoms with Crippen molar-refractivity contribution in [2.45, 2.75) is 19.4 Å². The molecule has 0 unspecified atom stereocenters. The zero-order valence-electron chi connectivity index (χ0n) is 11.1. The van der Waals surface area contributed by atoms with Gasteiger partial charge in [0.15, 0.2) is 0 Å². The molecule has 8 heteroatoms. The van der Waals surface area contributed by atoms with Gasteiger partial charge in [-0.3, -0.25) is 9.48 Å². The molecule has 20 heavy (non-hydrogen) atoms. The zero-order valence-corrected chi connectivity index (χ0v) is 11.1. The molecule has 0 aromatic carbocycles. The molecule has 0 aliphatic rings. The number of hydrogen-bond donors (Lipinski definition) is 3. The second-order valence-corrected chi connectivity index (χ2v) is 4.44. The molecule has 0 bridgehead atoms. The number of aliphatic carboxylic acids is 1. The lowest BCUT2D eigenvalue weighted by Gasteiger charge is -2.13. The van der Waals surface area contributed by atoms with E-state index in [-0.39, 0.29) is 6.42 Å². The number of H-pyrrole nitrogens is 1. The summed E-state index contributed by atoms with van der Waals surface area (Å²) in [6, 6.07) is 0.572. The number of amides is 1. The lowest BCUT2D eigenvalue weighted by atomic mass is 10.1. The standard InChI is InChI=1S/C12H15N5O3/c1-7-3-10(17(2)16-7)11(18)15-9(12(19)20)4-8-5-13-6-14-8/h3,5-6,9H,4H2,1-2H3,(H,13,14)(H,15,18)(H,19,20)/t9-/m1/s1. The summed E-state index contributed by atoms with van der Waals surface area (Å²) in [5.74, 6) is -1.58. The minimum Gasteiger partial charge on any atom is -0.480 e. The van der Waals surface area contributed by atoms with Gasteiger partial charge in [0.25, 0.3) is 5.91 Å².